The molecule has 0 unspecified atom stereocenters. The number of hydrogen-bond acceptors (Lipinski definition) is 2. The third-order valence-electron chi connectivity index (χ3n) is 3.42. The van der Waals surface area contributed by atoms with Gasteiger partial charge in [0.1, 0.15) is 0 Å². The van der Waals surface area contributed by atoms with Gasteiger partial charge in [0.25, 0.3) is 0 Å². The largest absolute Gasteiger partial charge is 0.350 e. The van der Waals surface area contributed by atoms with E-state index in [2.05, 4.69) is 10.5 Å². The van der Waals surface area contributed by atoms with E-state index in [1.54, 1.807) is 0 Å². The number of urea groups is 1. The van der Waals surface area contributed by atoms with Gasteiger partial charge in [0.15, 0.2) is 0 Å². The smallest absolute Gasteiger partial charge is 0.332 e. The maximum atomic E-state index is 10.6. The quantitative estimate of drug-likeness (QED) is 0.637. The summed E-state index contributed by atoms with van der Waals surface area (Å²) in [7, 11) is 0. The van der Waals surface area contributed by atoms with Crippen molar-refractivity contribution in [2.45, 2.75) is 44.9 Å². The average Bonchev–Trinajstić information content (AvgIpc) is 2.94. The first-order chi connectivity index (χ1) is 7.27. The van der Waals surface area contributed by atoms with Gasteiger partial charge >= 0.3 is 6.03 Å². The van der Waals surface area contributed by atoms with Crippen molar-refractivity contribution in [2.75, 3.05) is 0 Å². The van der Waals surface area contributed by atoms with Crippen LogP contribution in [0, 0.1) is 11.8 Å². The van der Waals surface area contributed by atoms with Crippen LogP contribution >= 0.6 is 0 Å². The Morgan fingerprint density at radius 3 is 2.93 bits per heavy atom. The lowest BCUT2D eigenvalue weighted by molar-refractivity contribution is 0.249. The normalized spacial score (nSPS) is 33.5. The highest BCUT2D eigenvalue weighted by atomic mass is 16.2. The van der Waals surface area contributed by atoms with Crippen LogP contribution in [0.15, 0.2) is 5.10 Å². The number of primary amides is 1. The van der Waals surface area contributed by atoms with Crippen molar-refractivity contribution in [3.05, 3.63) is 0 Å². The van der Waals surface area contributed by atoms with Crippen molar-refractivity contribution < 1.29 is 4.79 Å². The molecule has 2 rings (SSSR count). The molecule has 4 heteroatoms. The van der Waals surface area contributed by atoms with Crippen molar-refractivity contribution in [1.29, 1.82) is 0 Å². The number of nitrogens with zero attached hydrogens (tertiary/aromatic N) is 1. The number of hydrazone groups is 1. The Labute approximate surface area is 90.3 Å². The Balaban J connectivity index is 1.95. The Morgan fingerprint density at radius 2 is 2.13 bits per heavy atom. The first-order valence-corrected chi connectivity index (χ1v) is 5.89. The van der Waals surface area contributed by atoms with E-state index in [0.29, 0.717) is 5.92 Å². The zero-order chi connectivity index (χ0) is 10.7. The van der Waals surface area contributed by atoms with Crippen molar-refractivity contribution in [3.63, 3.8) is 0 Å². The van der Waals surface area contributed by atoms with Gasteiger partial charge in [0.2, 0.25) is 0 Å². The van der Waals surface area contributed by atoms with Gasteiger partial charge in [0.05, 0.1) is 0 Å². The van der Waals surface area contributed by atoms with E-state index < -0.39 is 6.03 Å². The summed E-state index contributed by atoms with van der Waals surface area (Å²) in [6.45, 7) is 0. The molecule has 0 heterocycles. The van der Waals surface area contributed by atoms with Gasteiger partial charge in [0, 0.05) is 11.6 Å². The first-order valence-electron chi connectivity index (χ1n) is 5.89. The lowest BCUT2D eigenvalue weighted by Crippen LogP contribution is -2.26. The van der Waals surface area contributed by atoms with Gasteiger partial charge in [-0.2, -0.15) is 5.10 Å². The molecule has 2 aliphatic rings. The summed E-state index contributed by atoms with van der Waals surface area (Å²) in [6, 6.07) is -0.556. The number of rotatable bonds is 1. The number of amides is 2. The molecule has 0 aromatic heterocycles. The molecule has 0 aliphatic heterocycles. The zero-order valence-corrected chi connectivity index (χ0v) is 9.04. The van der Waals surface area contributed by atoms with Gasteiger partial charge in [-0.3, -0.25) is 0 Å². The van der Waals surface area contributed by atoms with Gasteiger partial charge in [-0.05, 0) is 31.6 Å². The van der Waals surface area contributed by atoms with E-state index >= 15 is 0 Å². The molecule has 0 saturated heterocycles. The van der Waals surface area contributed by atoms with E-state index in [9.17, 15) is 4.79 Å². The Kier molecular flexibility index (Phi) is 3.23. The fourth-order valence-corrected chi connectivity index (χ4v) is 2.49. The summed E-state index contributed by atoms with van der Waals surface area (Å²) in [6.07, 6.45) is 8.82. The second kappa shape index (κ2) is 4.64. The van der Waals surface area contributed by atoms with Crippen LogP contribution in [-0.2, 0) is 0 Å². The minimum absolute atomic E-state index is 0.556. The fraction of sp³-hybridized carbons (Fsp3) is 0.818. The van der Waals surface area contributed by atoms with Crippen molar-refractivity contribution in [3.8, 4) is 0 Å². The second-order valence-corrected chi connectivity index (χ2v) is 4.63. The highest BCUT2D eigenvalue weighted by Gasteiger charge is 2.40. The molecule has 2 amide bonds. The Hall–Kier alpha value is -1.06. The number of carbonyl (C=O) groups is 1. The summed E-state index contributed by atoms with van der Waals surface area (Å²) < 4.78 is 0. The molecule has 4 nitrogen and oxygen atoms in total. The van der Waals surface area contributed by atoms with Crippen molar-refractivity contribution in [1.82, 2.24) is 5.43 Å². The van der Waals surface area contributed by atoms with Gasteiger partial charge in [-0.25, -0.2) is 10.2 Å². The molecule has 3 N–H and O–H groups in total. The number of nitrogens with one attached hydrogen (secondary N) is 1. The van der Waals surface area contributed by atoms with Crippen LogP contribution in [0.5, 0.6) is 0 Å². The first kappa shape index (κ1) is 10.5. The van der Waals surface area contributed by atoms with E-state index in [4.69, 9.17) is 5.73 Å². The minimum Gasteiger partial charge on any atom is -0.350 e. The van der Waals surface area contributed by atoms with Crippen molar-refractivity contribution >= 4 is 11.7 Å². The molecule has 2 fully saturated rings. The zero-order valence-electron chi connectivity index (χ0n) is 9.04. The highest BCUT2D eigenvalue weighted by Crippen LogP contribution is 2.45. The molecular weight excluding hydrogens is 190 g/mol. The maximum Gasteiger partial charge on any atom is 0.332 e. The standard InChI is InChI=1S/C11H19N3O/c12-11(15)14-13-10-6-4-2-1-3-5-8-7-9(8)10/h8-9H,1-7H2,(H3,12,14,15)/b13-10+/t8-,9-/m1/s1. The lowest BCUT2D eigenvalue weighted by atomic mass is 10.1. The molecule has 15 heavy (non-hydrogen) atoms. The van der Waals surface area contributed by atoms with Crippen LogP contribution in [0.4, 0.5) is 4.79 Å². The molecule has 2 aliphatic carbocycles. The van der Waals surface area contributed by atoms with Gasteiger partial charge in [-0.15, -0.1) is 0 Å². The minimum atomic E-state index is -0.556. The van der Waals surface area contributed by atoms with Crippen LogP contribution in [0.2, 0.25) is 0 Å². The molecular formula is C11H19N3O. The summed E-state index contributed by atoms with van der Waals surface area (Å²) in [5.74, 6) is 1.46. The molecule has 0 bridgehead atoms. The van der Waals surface area contributed by atoms with Gasteiger partial charge in [-0.1, -0.05) is 19.3 Å². The van der Waals surface area contributed by atoms with E-state index in [1.807, 2.05) is 0 Å². The lowest BCUT2D eigenvalue weighted by Gasteiger charge is -2.04. The Bertz CT molecular complexity index is 275. The number of carbonyl (C=O) groups excluding carboxylic acids is 1. The van der Waals surface area contributed by atoms with E-state index in [1.165, 1.54) is 44.2 Å². The van der Waals surface area contributed by atoms with Crippen LogP contribution in [0.1, 0.15) is 44.9 Å². The van der Waals surface area contributed by atoms with Gasteiger partial charge < -0.3 is 5.73 Å². The van der Waals surface area contributed by atoms with Crippen LogP contribution in [0.25, 0.3) is 0 Å². The summed E-state index contributed by atoms with van der Waals surface area (Å²) in [4.78, 5) is 10.6. The highest BCUT2D eigenvalue weighted by molar-refractivity contribution is 5.90. The maximum absolute atomic E-state index is 10.6. The van der Waals surface area contributed by atoms with Crippen LogP contribution in [0.3, 0.4) is 0 Å². The predicted octanol–water partition coefficient (Wildman–Crippen LogP) is 2.00. The van der Waals surface area contributed by atoms with Crippen LogP contribution < -0.4 is 11.2 Å². The monoisotopic (exact) mass is 209 g/mol. The fourth-order valence-electron chi connectivity index (χ4n) is 2.49. The summed E-state index contributed by atoms with van der Waals surface area (Å²) in [5, 5.41) is 4.14. The molecule has 2 saturated carbocycles. The average molecular weight is 209 g/mol. The summed E-state index contributed by atoms with van der Waals surface area (Å²) in [5.41, 5.74) is 8.55. The second-order valence-electron chi connectivity index (χ2n) is 4.63. The third kappa shape index (κ3) is 2.94. The summed E-state index contributed by atoms with van der Waals surface area (Å²) >= 11 is 0. The Morgan fingerprint density at radius 1 is 1.33 bits per heavy atom. The van der Waals surface area contributed by atoms with E-state index in [-0.39, 0.29) is 0 Å². The molecule has 0 aromatic rings. The topological polar surface area (TPSA) is 67.5 Å². The third-order valence-corrected chi connectivity index (χ3v) is 3.42. The number of fused-ring (bicyclic) bond motifs is 1. The molecule has 0 aromatic carbocycles. The number of hydrogen-bond donors (Lipinski definition) is 2. The molecule has 0 spiro atoms. The van der Waals surface area contributed by atoms with Crippen LogP contribution in [-0.4, -0.2) is 11.7 Å². The molecule has 0 radical (unpaired) electrons. The SMILES string of the molecule is NC(=O)N/N=C1\CCCCCC[C@@H]2C[C@@H]12. The molecule has 84 valence electrons. The van der Waals surface area contributed by atoms with Crippen molar-refractivity contribution in [2.24, 2.45) is 22.7 Å². The number of nitrogens with two attached hydrogens (primary N) is 1. The van der Waals surface area contributed by atoms with E-state index in [0.717, 1.165) is 12.3 Å². The molecule has 2 atom stereocenters. The predicted molar refractivity (Wildman–Crippen MR) is 59.5 cm³/mol.